The molecule has 3 saturated heterocycles. The monoisotopic (exact) mass is 499 g/mol. The lowest BCUT2D eigenvalue weighted by atomic mass is 9.53. The zero-order valence-electron chi connectivity index (χ0n) is 21.1. The molecule has 4 fully saturated rings. The van der Waals surface area contributed by atoms with Gasteiger partial charge in [0.15, 0.2) is 17.3 Å². The third kappa shape index (κ3) is 2.99. The van der Waals surface area contributed by atoms with Gasteiger partial charge in [0.25, 0.3) is 0 Å². The van der Waals surface area contributed by atoms with Gasteiger partial charge >= 0.3 is 5.97 Å². The van der Waals surface area contributed by atoms with E-state index in [0.717, 1.165) is 36.4 Å². The van der Waals surface area contributed by atoms with Crippen molar-refractivity contribution in [2.45, 2.75) is 50.5 Å². The molecule has 0 amide bonds. The molecule has 8 rings (SSSR count). The number of rotatable bonds is 5. The number of anilines is 1. The molecule has 10 heteroatoms. The largest absolute Gasteiger partial charge is 0.481 e. The summed E-state index contributed by atoms with van der Waals surface area (Å²) in [6, 6.07) is 12.9. The number of hydrogen-bond acceptors (Lipinski definition) is 7. The SMILES string of the molecule is Cc1nc(C2C3(C(=O)O)COC2(c2nc4c(C)cc(N5CC[C@](C)(c6ccccc6)C5)cn4n2)C3)n[nH]1. The number of carboxylic acid groups (broad SMARTS) is 1. The maximum atomic E-state index is 12.3. The van der Waals surface area contributed by atoms with E-state index in [2.05, 4.69) is 63.4 Å². The Bertz CT molecular complexity index is 1550. The first kappa shape index (κ1) is 22.4. The summed E-state index contributed by atoms with van der Waals surface area (Å²) >= 11 is 0. The number of aromatic nitrogens is 6. The van der Waals surface area contributed by atoms with E-state index in [9.17, 15) is 9.90 Å². The number of pyridine rings is 1. The molecule has 2 N–H and O–H groups in total. The lowest BCUT2D eigenvalue weighted by molar-refractivity contribution is -0.158. The number of nitrogens with zero attached hydrogens (tertiary/aromatic N) is 6. The summed E-state index contributed by atoms with van der Waals surface area (Å²) in [5.41, 5.74) is 2.27. The van der Waals surface area contributed by atoms with E-state index in [1.807, 2.05) is 17.6 Å². The lowest BCUT2D eigenvalue weighted by Crippen LogP contribution is -2.55. The minimum atomic E-state index is -1.07. The van der Waals surface area contributed by atoms with Crippen molar-refractivity contribution >= 4 is 17.3 Å². The van der Waals surface area contributed by atoms with Crippen LogP contribution >= 0.6 is 0 Å². The summed E-state index contributed by atoms with van der Waals surface area (Å²) in [5, 5.41) is 22.1. The summed E-state index contributed by atoms with van der Waals surface area (Å²) in [5.74, 6) is 0.117. The summed E-state index contributed by atoms with van der Waals surface area (Å²) < 4.78 is 8.01. The number of carbonyl (C=O) groups is 1. The number of benzene rings is 1. The Kier molecular flexibility index (Phi) is 4.47. The molecule has 3 unspecified atom stereocenters. The van der Waals surface area contributed by atoms with Gasteiger partial charge in [0.2, 0.25) is 0 Å². The van der Waals surface area contributed by atoms with Crippen molar-refractivity contribution in [3.8, 4) is 0 Å². The molecule has 6 heterocycles. The Labute approximate surface area is 213 Å². The number of nitrogens with one attached hydrogen (secondary N) is 1. The smallest absolute Gasteiger partial charge is 0.313 e. The van der Waals surface area contributed by atoms with Gasteiger partial charge in [-0.2, -0.15) is 5.10 Å². The van der Waals surface area contributed by atoms with Gasteiger partial charge in [-0.25, -0.2) is 14.5 Å². The van der Waals surface area contributed by atoms with Gasteiger partial charge < -0.3 is 14.7 Å². The predicted octanol–water partition coefficient (Wildman–Crippen LogP) is 3.12. The van der Waals surface area contributed by atoms with Crippen molar-refractivity contribution in [3.63, 3.8) is 0 Å². The normalized spacial score (nSPS) is 30.7. The average molecular weight is 500 g/mol. The molecule has 0 spiro atoms. The predicted molar refractivity (Wildman–Crippen MR) is 135 cm³/mol. The van der Waals surface area contributed by atoms with Crippen LogP contribution in [-0.2, 0) is 20.5 Å². The molecular formula is C27H29N7O3. The third-order valence-corrected chi connectivity index (χ3v) is 8.77. The highest BCUT2D eigenvalue weighted by molar-refractivity contribution is 5.80. The number of aryl methyl sites for hydroxylation is 2. The van der Waals surface area contributed by atoms with Gasteiger partial charge in [-0.1, -0.05) is 37.3 Å². The number of fused-ring (bicyclic) bond motifs is 2. The Morgan fingerprint density at radius 3 is 2.76 bits per heavy atom. The van der Waals surface area contributed by atoms with Crippen LogP contribution in [-0.4, -0.2) is 60.6 Å². The Morgan fingerprint density at radius 2 is 2.03 bits per heavy atom. The minimum Gasteiger partial charge on any atom is -0.481 e. The van der Waals surface area contributed by atoms with Gasteiger partial charge in [-0.15, -0.1) is 5.10 Å². The molecule has 4 aliphatic rings. The molecule has 190 valence electrons. The summed E-state index contributed by atoms with van der Waals surface area (Å²) in [6.07, 6.45) is 3.40. The molecule has 0 radical (unpaired) electrons. The Morgan fingerprint density at radius 1 is 1.22 bits per heavy atom. The maximum Gasteiger partial charge on any atom is 0.313 e. The van der Waals surface area contributed by atoms with Crippen molar-refractivity contribution in [1.29, 1.82) is 0 Å². The number of H-pyrrole nitrogens is 1. The first-order chi connectivity index (χ1) is 17.7. The van der Waals surface area contributed by atoms with Crippen LogP contribution in [0.15, 0.2) is 42.6 Å². The molecule has 2 bridgehead atoms. The fourth-order valence-electron chi connectivity index (χ4n) is 6.73. The van der Waals surface area contributed by atoms with Crippen molar-refractivity contribution < 1.29 is 14.6 Å². The molecule has 1 aromatic carbocycles. The second-order valence-corrected chi connectivity index (χ2v) is 11.2. The summed E-state index contributed by atoms with van der Waals surface area (Å²) in [7, 11) is 0. The minimum absolute atomic E-state index is 0.0856. The van der Waals surface area contributed by atoms with Crippen LogP contribution in [0.5, 0.6) is 0 Å². The van der Waals surface area contributed by atoms with Crippen LogP contribution in [0.4, 0.5) is 5.69 Å². The summed E-state index contributed by atoms with van der Waals surface area (Å²) in [6.45, 7) is 8.13. The molecule has 1 aliphatic carbocycles. The van der Waals surface area contributed by atoms with E-state index in [-0.39, 0.29) is 12.0 Å². The van der Waals surface area contributed by atoms with Crippen LogP contribution in [0.25, 0.3) is 5.65 Å². The molecule has 37 heavy (non-hydrogen) atoms. The molecule has 3 aromatic heterocycles. The Hall–Kier alpha value is -3.79. The molecule has 3 aliphatic heterocycles. The Balaban J connectivity index is 1.25. The van der Waals surface area contributed by atoms with E-state index in [1.54, 1.807) is 6.92 Å². The second kappa shape index (κ2) is 7.38. The van der Waals surface area contributed by atoms with E-state index in [0.29, 0.717) is 23.9 Å². The third-order valence-electron chi connectivity index (χ3n) is 8.77. The first-order valence-electron chi connectivity index (χ1n) is 12.7. The zero-order chi connectivity index (χ0) is 25.6. The summed E-state index contributed by atoms with van der Waals surface area (Å²) in [4.78, 5) is 24.0. The zero-order valence-corrected chi connectivity index (χ0v) is 21.1. The number of aliphatic carboxylic acids is 1. The molecule has 1 saturated carbocycles. The van der Waals surface area contributed by atoms with Gasteiger partial charge in [0, 0.05) is 24.9 Å². The van der Waals surface area contributed by atoms with Crippen molar-refractivity contribution in [2.75, 3.05) is 24.6 Å². The van der Waals surface area contributed by atoms with Crippen LogP contribution in [0.3, 0.4) is 0 Å². The first-order valence-corrected chi connectivity index (χ1v) is 12.7. The van der Waals surface area contributed by atoms with E-state index in [4.69, 9.17) is 14.8 Å². The number of hydrogen-bond donors (Lipinski definition) is 2. The standard InChI is InChI=1S/C27H29N7O3/c1-16-11-19(33-10-9-25(3,14-33)18-7-5-4-6-8-18)12-34-22(16)29-23(32-34)27-13-26(15-37-27,24(35)36)20(27)21-28-17(2)30-31-21/h4-8,11-12,20H,9-10,13-15H2,1-3H3,(H,35,36)(H,28,30,31)/t20?,25-,26?,27?/m0/s1. The highest BCUT2D eigenvalue weighted by Crippen LogP contribution is 2.70. The number of ether oxygens (including phenoxy) is 1. The lowest BCUT2D eigenvalue weighted by Gasteiger charge is -2.46. The van der Waals surface area contributed by atoms with E-state index >= 15 is 0 Å². The quantitative estimate of drug-likeness (QED) is 0.430. The van der Waals surface area contributed by atoms with E-state index < -0.39 is 22.9 Å². The van der Waals surface area contributed by atoms with Crippen LogP contribution < -0.4 is 4.90 Å². The van der Waals surface area contributed by atoms with Gasteiger partial charge in [-0.3, -0.25) is 9.89 Å². The van der Waals surface area contributed by atoms with Crippen LogP contribution in [0.1, 0.15) is 54.3 Å². The van der Waals surface area contributed by atoms with Gasteiger partial charge in [0.1, 0.15) is 16.8 Å². The van der Waals surface area contributed by atoms with Gasteiger partial charge in [0.05, 0.1) is 24.4 Å². The average Bonchev–Trinajstić information content (AvgIpc) is 3.67. The number of carboxylic acids is 1. The number of aromatic amines is 1. The highest BCUT2D eigenvalue weighted by atomic mass is 16.5. The van der Waals surface area contributed by atoms with Crippen molar-refractivity contribution in [3.05, 3.63) is 71.2 Å². The topological polar surface area (TPSA) is 122 Å². The fourth-order valence-corrected chi connectivity index (χ4v) is 6.73. The van der Waals surface area contributed by atoms with Crippen molar-refractivity contribution in [2.24, 2.45) is 5.41 Å². The fraction of sp³-hybridized carbons (Fsp3) is 0.444. The highest BCUT2D eigenvalue weighted by Gasteiger charge is 2.78. The molecule has 4 aromatic rings. The van der Waals surface area contributed by atoms with Gasteiger partial charge in [-0.05, 0) is 37.5 Å². The molecule has 4 atom stereocenters. The molecule has 10 nitrogen and oxygen atoms in total. The maximum absolute atomic E-state index is 12.3. The van der Waals surface area contributed by atoms with Crippen LogP contribution in [0.2, 0.25) is 0 Å². The molecular weight excluding hydrogens is 470 g/mol. The van der Waals surface area contributed by atoms with Crippen molar-refractivity contribution in [1.82, 2.24) is 29.8 Å². The van der Waals surface area contributed by atoms with E-state index in [1.165, 1.54) is 5.56 Å². The second-order valence-electron chi connectivity index (χ2n) is 11.2. The van der Waals surface area contributed by atoms with Crippen LogP contribution in [0, 0.1) is 19.3 Å².